The summed E-state index contributed by atoms with van der Waals surface area (Å²) in [4.78, 5) is 0. The van der Waals surface area contributed by atoms with Crippen molar-refractivity contribution in [1.82, 2.24) is 0 Å². The predicted octanol–water partition coefficient (Wildman–Crippen LogP) is 5.36. The van der Waals surface area contributed by atoms with Crippen LogP contribution in [-0.2, 0) is 6.54 Å². The molecule has 1 N–H and O–H groups in total. The van der Waals surface area contributed by atoms with Crippen LogP contribution in [0, 0.1) is 0 Å². The van der Waals surface area contributed by atoms with Gasteiger partial charge in [0.25, 0.3) is 0 Å². The van der Waals surface area contributed by atoms with Crippen molar-refractivity contribution in [3.05, 3.63) is 49.3 Å². The zero-order chi connectivity index (χ0) is 14.8. The molecule has 2 aromatic carbocycles. The van der Waals surface area contributed by atoms with Crippen molar-refractivity contribution in [2.24, 2.45) is 0 Å². The zero-order valence-corrected chi connectivity index (χ0v) is 15.7. The van der Waals surface area contributed by atoms with Crippen LogP contribution in [0.4, 0.5) is 5.69 Å². The first-order valence-electron chi connectivity index (χ1n) is 6.40. The third-order valence-corrected chi connectivity index (χ3v) is 5.63. The van der Waals surface area contributed by atoms with Gasteiger partial charge in [-0.05, 0) is 65.5 Å². The number of hydrogen-bond donors (Lipinski definition) is 1. The Bertz CT molecular complexity index is 676. The lowest BCUT2D eigenvalue weighted by Gasteiger charge is -2.20. The molecule has 0 fully saturated rings. The van der Waals surface area contributed by atoms with Crippen LogP contribution in [0.15, 0.2) is 43.7 Å². The average Bonchev–Trinajstić information content (AvgIpc) is 2.48. The number of fused-ring (bicyclic) bond motifs is 1. The molecule has 0 radical (unpaired) electrons. The predicted molar refractivity (Wildman–Crippen MR) is 94.3 cm³/mol. The van der Waals surface area contributed by atoms with E-state index in [1.807, 2.05) is 18.2 Å². The van der Waals surface area contributed by atoms with Gasteiger partial charge >= 0.3 is 0 Å². The SMILES string of the molecule is Brc1ccc(CNc2cc3c(cc2Br)OCCO3)cc1Br. The summed E-state index contributed by atoms with van der Waals surface area (Å²) < 4.78 is 14.2. The van der Waals surface area contributed by atoms with Crippen LogP contribution < -0.4 is 14.8 Å². The number of rotatable bonds is 3. The van der Waals surface area contributed by atoms with Crippen LogP contribution in [0.1, 0.15) is 5.56 Å². The summed E-state index contributed by atoms with van der Waals surface area (Å²) in [5, 5.41) is 3.41. The van der Waals surface area contributed by atoms with E-state index in [2.05, 4.69) is 65.2 Å². The lowest BCUT2D eigenvalue weighted by molar-refractivity contribution is 0.171. The van der Waals surface area contributed by atoms with Gasteiger partial charge in [0.05, 0.1) is 5.69 Å². The monoisotopic (exact) mass is 475 g/mol. The molecule has 21 heavy (non-hydrogen) atoms. The molecule has 1 heterocycles. The summed E-state index contributed by atoms with van der Waals surface area (Å²) in [5.41, 5.74) is 2.17. The standard InChI is InChI=1S/C15H12Br3NO2/c16-10-2-1-9(5-11(10)17)8-19-13-7-15-14(6-12(13)18)20-3-4-21-15/h1-2,5-7,19H,3-4,8H2. The number of hydrogen-bond acceptors (Lipinski definition) is 3. The number of halogens is 3. The van der Waals surface area contributed by atoms with E-state index < -0.39 is 0 Å². The summed E-state index contributed by atoms with van der Waals surface area (Å²) in [7, 11) is 0. The van der Waals surface area contributed by atoms with Gasteiger partial charge in [-0.2, -0.15) is 0 Å². The molecule has 3 nitrogen and oxygen atoms in total. The molecule has 3 rings (SSSR count). The average molecular weight is 478 g/mol. The fraction of sp³-hybridized carbons (Fsp3) is 0.200. The molecule has 0 atom stereocenters. The van der Waals surface area contributed by atoms with E-state index in [-0.39, 0.29) is 0 Å². The normalized spacial score (nSPS) is 13.1. The minimum atomic E-state index is 0.591. The van der Waals surface area contributed by atoms with E-state index in [9.17, 15) is 0 Å². The van der Waals surface area contributed by atoms with Gasteiger partial charge in [-0.1, -0.05) is 6.07 Å². The van der Waals surface area contributed by atoms with Crippen molar-refractivity contribution in [1.29, 1.82) is 0 Å². The Balaban J connectivity index is 1.77. The van der Waals surface area contributed by atoms with Crippen molar-refractivity contribution in [3.8, 4) is 11.5 Å². The van der Waals surface area contributed by atoms with Crippen molar-refractivity contribution in [2.45, 2.75) is 6.54 Å². The first-order chi connectivity index (χ1) is 10.1. The lowest BCUT2D eigenvalue weighted by Crippen LogP contribution is -2.15. The lowest BCUT2D eigenvalue weighted by atomic mass is 10.2. The highest BCUT2D eigenvalue weighted by molar-refractivity contribution is 9.13. The van der Waals surface area contributed by atoms with E-state index in [0.717, 1.165) is 37.1 Å². The Morgan fingerprint density at radius 3 is 2.29 bits per heavy atom. The Labute approximate surface area is 148 Å². The largest absolute Gasteiger partial charge is 0.486 e. The summed E-state index contributed by atoms with van der Waals surface area (Å²) in [6.07, 6.45) is 0. The van der Waals surface area contributed by atoms with E-state index in [1.54, 1.807) is 0 Å². The molecule has 110 valence electrons. The van der Waals surface area contributed by atoms with Gasteiger partial charge in [0.2, 0.25) is 0 Å². The van der Waals surface area contributed by atoms with Crippen LogP contribution in [0.3, 0.4) is 0 Å². The van der Waals surface area contributed by atoms with Crippen molar-refractivity contribution in [3.63, 3.8) is 0 Å². The fourth-order valence-corrected chi connectivity index (χ4v) is 3.18. The highest BCUT2D eigenvalue weighted by atomic mass is 79.9. The molecule has 0 aliphatic carbocycles. The first kappa shape index (κ1) is 15.2. The number of ether oxygens (including phenoxy) is 2. The molecule has 0 saturated heterocycles. The van der Waals surface area contributed by atoms with E-state index >= 15 is 0 Å². The maximum absolute atomic E-state index is 5.61. The first-order valence-corrected chi connectivity index (χ1v) is 8.78. The van der Waals surface area contributed by atoms with E-state index in [4.69, 9.17) is 9.47 Å². The van der Waals surface area contributed by atoms with Gasteiger partial charge in [0.15, 0.2) is 11.5 Å². The van der Waals surface area contributed by atoms with E-state index in [1.165, 1.54) is 5.56 Å². The topological polar surface area (TPSA) is 30.5 Å². The van der Waals surface area contributed by atoms with Crippen LogP contribution in [0.5, 0.6) is 11.5 Å². The smallest absolute Gasteiger partial charge is 0.163 e. The van der Waals surface area contributed by atoms with Gasteiger partial charge in [0.1, 0.15) is 13.2 Å². The summed E-state index contributed by atoms with van der Waals surface area (Å²) in [6.45, 7) is 1.91. The molecule has 0 bridgehead atoms. The summed E-state index contributed by atoms with van der Waals surface area (Å²) in [5.74, 6) is 1.56. The van der Waals surface area contributed by atoms with Crippen LogP contribution in [0.25, 0.3) is 0 Å². The van der Waals surface area contributed by atoms with Crippen molar-refractivity contribution in [2.75, 3.05) is 18.5 Å². The molecule has 0 unspecified atom stereocenters. The quantitative estimate of drug-likeness (QED) is 0.645. The van der Waals surface area contributed by atoms with Crippen LogP contribution >= 0.6 is 47.8 Å². The highest BCUT2D eigenvalue weighted by Crippen LogP contribution is 2.38. The van der Waals surface area contributed by atoms with Gasteiger partial charge in [0, 0.05) is 32.1 Å². The second-order valence-electron chi connectivity index (χ2n) is 4.58. The van der Waals surface area contributed by atoms with Crippen molar-refractivity contribution >= 4 is 53.5 Å². The Hall–Kier alpha value is -0.720. The van der Waals surface area contributed by atoms with Gasteiger partial charge in [-0.15, -0.1) is 0 Å². The highest BCUT2D eigenvalue weighted by Gasteiger charge is 2.14. The van der Waals surface area contributed by atoms with Gasteiger partial charge in [-0.3, -0.25) is 0 Å². The molecule has 1 aliphatic rings. The second kappa shape index (κ2) is 6.58. The van der Waals surface area contributed by atoms with Crippen LogP contribution in [0.2, 0.25) is 0 Å². The zero-order valence-electron chi connectivity index (χ0n) is 11.0. The molecular weight excluding hydrogens is 466 g/mol. The summed E-state index contributed by atoms with van der Waals surface area (Å²) >= 11 is 10.5. The number of nitrogens with one attached hydrogen (secondary N) is 1. The Morgan fingerprint density at radius 1 is 0.857 bits per heavy atom. The maximum atomic E-state index is 5.61. The minimum Gasteiger partial charge on any atom is -0.486 e. The molecule has 0 aromatic heterocycles. The third kappa shape index (κ3) is 3.55. The molecule has 1 aliphatic heterocycles. The van der Waals surface area contributed by atoms with Gasteiger partial charge in [-0.25, -0.2) is 0 Å². The molecule has 2 aromatic rings. The Kier molecular flexibility index (Phi) is 4.76. The molecule has 0 spiro atoms. The third-order valence-electron chi connectivity index (χ3n) is 3.10. The van der Waals surface area contributed by atoms with Gasteiger partial charge < -0.3 is 14.8 Å². The molecule has 6 heteroatoms. The number of anilines is 1. The van der Waals surface area contributed by atoms with Crippen LogP contribution in [-0.4, -0.2) is 13.2 Å². The number of benzene rings is 2. The molecule has 0 saturated carbocycles. The maximum Gasteiger partial charge on any atom is 0.163 e. The minimum absolute atomic E-state index is 0.591. The molecule has 0 amide bonds. The second-order valence-corrected chi connectivity index (χ2v) is 7.14. The fourth-order valence-electron chi connectivity index (χ4n) is 2.05. The van der Waals surface area contributed by atoms with E-state index in [0.29, 0.717) is 13.2 Å². The summed E-state index contributed by atoms with van der Waals surface area (Å²) in [6, 6.07) is 10.1. The Morgan fingerprint density at radius 2 is 1.57 bits per heavy atom. The molecular formula is C15H12Br3NO2. The van der Waals surface area contributed by atoms with Crippen molar-refractivity contribution < 1.29 is 9.47 Å².